The number of amides is 2. The SMILES string of the molecule is CO[C@H]1C[C@@H](C(N)=O)N(C(=O)c2cccc(OCC=C(C)C)c2)C1. The number of ether oxygens (including phenoxy) is 2. The summed E-state index contributed by atoms with van der Waals surface area (Å²) in [6.07, 6.45) is 2.21. The fraction of sp³-hybridized carbons (Fsp3) is 0.444. The Balaban J connectivity index is 2.14. The predicted molar refractivity (Wildman–Crippen MR) is 90.8 cm³/mol. The van der Waals surface area contributed by atoms with Gasteiger partial charge >= 0.3 is 0 Å². The monoisotopic (exact) mass is 332 g/mol. The molecule has 1 aliphatic rings. The normalized spacial score (nSPS) is 19.9. The molecule has 1 saturated heterocycles. The van der Waals surface area contributed by atoms with Crippen LogP contribution in [0.4, 0.5) is 0 Å². The van der Waals surface area contributed by atoms with E-state index in [1.807, 2.05) is 19.9 Å². The molecule has 6 nitrogen and oxygen atoms in total. The molecule has 2 amide bonds. The molecule has 6 heteroatoms. The van der Waals surface area contributed by atoms with E-state index in [-0.39, 0.29) is 12.0 Å². The van der Waals surface area contributed by atoms with Gasteiger partial charge in [-0.15, -0.1) is 0 Å². The summed E-state index contributed by atoms with van der Waals surface area (Å²) in [6, 6.07) is 6.29. The van der Waals surface area contributed by atoms with Crippen molar-refractivity contribution in [1.82, 2.24) is 4.90 Å². The van der Waals surface area contributed by atoms with Gasteiger partial charge < -0.3 is 20.1 Å². The topological polar surface area (TPSA) is 81.9 Å². The van der Waals surface area contributed by atoms with Crippen LogP contribution in [0.25, 0.3) is 0 Å². The van der Waals surface area contributed by atoms with Crippen LogP contribution in [0.1, 0.15) is 30.6 Å². The van der Waals surface area contributed by atoms with E-state index in [1.165, 1.54) is 4.90 Å². The van der Waals surface area contributed by atoms with Crippen molar-refractivity contribution < 1.29 is 19.1 Å². The number of likely N-dealkylation sites (tertiary alicyclic amines) is 1. The quantitative estimate of drug-likeness (QED) is 0.805. The highest BCUT2D eigenvalue weighted by Crippen LogP contribution is 2.23. The minimum Gasteiger partial charge on any atom is -0.490 e. The highest BCUT2D eigenvalue weighted by atomic mass is 16.5. The van der Waals surface area contributed by atoms with E-state index in [4.69, 9.17) is 15.2 Å². The fourth-order valence-electron chi connectivity index (χ4n) is 2.65. The third kappa shape index (κ3) is 4.35. The molecule has 0 spiro atoms. The van der Waals surface area contributed by atoms with Gasteiger partial charge in [-0.25, -0.2) is 0 Å². The maximum atomic E-state index is 12.8. The van der Waals surface area contributed by atoms with E-state index >= 15 is 0 Å². The summed E-state index contributed by atoms with van der Waals surface area (Å²) in [5, 5.41) is 0. The van der Waals surface area contributed by atoms with Crippen molar-refractivity contribution in [1.29, 1.82) is 0 Å². The van der Waals surface area contributed by atoms with Crippen molar-refractivity contribution in [3.05, 3.63) is 41.5 Å². The first-order valence-electron chi connectivity index (χ1n) is 7.91. The van der Waals surface area contributed by atoms with Crippen molar-refractivity contribution in [2.75, 3.05) is 20.3 Å². The Morgan fingerprint density at radius 3 is 2.75 bits per heavy atom. The molecular formula is C18H24N2O4. The minimum atomic E-state index is -0.641. The number of primary amides is 1. The lowest BCUT2D eigenvalue weighted by Crippen LogP contribution is -2.43. The van der Waals surface area contributed by atoms with Crippen molar-refractivity contribution in [2.45, 2.75) is 32.4 Å². The molecule has 0 aliphatic carbocycles. The van der Waals surface area contributed by atoms with Gasteiger partial charge in [0.05, 0.1) is 6.10 Å². The Morgan fingerprint density at radius 1 is 1.38 bits per heavy atom. The highest BCUT2D eigenvalue weighted by Gasteiger charge is 2.39. The molecule has 1 aliphatic heterocycles. The number of nitrogens with two attached hydrogens (primary N) is 1. The standard InChI is InChI=1S/C18H24N2O4/c1-12(2)7-8-24-14-6-4-5-13(9-14)18(22)20-11-15(23-3)10-16(20)17(19)21/h4-7,9,15-16H,8,10-11H2,1-3H3,(H2,19,21)/t15-,16-/m0/s1. The molecule has 2 atom stereocenters. The average Bonchev–Trinajstić information content (AvgIpc) is 2.99. The summed E-state index contributed by atoms with van der Waals surface area (Å²) < 4.78 is 10.9. The lowest BCUT2D eigenvalue weighted by molar-refractivity contribution is -0.121. The number of nitrogens with zero attached hydrogens (tertiary/aromatic N) is 1. The zero-order valence-electron chi connectivity index (χ0n) is 14.3. The Morgan fingerprint density at radius 2 is 2.12 bits per heavy atom. The van der Waals surface area contributed by atoms with E-state index < -0.39 is 11.9 Å². The van der Waals surface area contributed by atoms with Crippen molar-refractivity contribution in [2.24, 2.45) is 5.73 Å². The molecule has 24 heavy (non-hydrogen) atoms. The second-order valence-corrected chi connectivity index (χ2v) is 6.09. The van der Waals surface area contributed by atoms with Gasteiger partial charge in [0, 0.05) is 25.6 Å². The Hall–Kier alpha value is -2.34. The first-order chi connectivity index (χ1) is 11.4. The number of hydrogen-bond acceptors (Lipinski definition) is 4. The third-order valence-corrected chi connectivity index (χ3v) is 4.01. The average molecular weight is 332 g/mol. The Labute approximate surface area is 142 Å². The maximum Gasteiger partial charge on any atom is 0.254 e. The van der Waals surface area contributed by atoms with Crippen molar-refractivity contribution >= 4 is 11.8 Å². The number of allylic oxidation sites excluding steroid dienone is 1. The largest absolute Gasteiger partial charge is 0.490 e. The second kappa shape index (κ2) is 7.97. The first-order valence-corrected chi connectivity index (χ1v) is 7.91. The summed E-state index contributed by atoms with van der Waals surface area (Å²) in [5.41, 5.74) is 7.05. The lowest BCUT2D eigenvalue weighted by atomic mass is 10.1. The summed E-state index contributed by atoms with van der Waals surface area (Å²) in [7, 11) is 1.56. The molecule has 1 heterocycles. The minimum absolute atomic E-state index is 0.177. The van der Waals surface area contributed by atoms with Gasteiger partial charge in [-0.2, -0.15) is 0 Å². The van der Waals surface area contributed by atoms with Crippen LogP contribution in [0.5, 0.6) is 5.75 Å². The van der Waals surface area contributed by atoms with Crippen LogP contribution >= 0.6 is 0 Å². The summed E-state index contributed by atoms with van der Waals surface area (Å²) in [5.74, 6) is -0.152. The fourth-order valence-corrected chi connectivity index (χ4v) is 2.65. The molecular weight excluding hydrogens is 308 g/mol. The Kier molecular flexibility index (Phi) is 5.98. The van der Waals surface area contributed by atoms with Crippen LogP contribution in [-0.2, 0) is 9.53 Å². The van der Waals surface area contributed by atoms with Crippen LogP contribution < -0.4 is 10.5 Å². The molecule has 130 valence electrons. The summed E-state index contributed by atoms with van der Waals surface area (Å²) in [4.78, 5) is 25.9. The molecule has 1 aromatic carbocycles. The van der Waals surface area contributed by atoms with Crippen molar-refractivity contribution in [3.63, 3.8) is 0 Å². The molecule has 2 N–H and O–H groups in total. The molecule has 0 unspecified atom stereocenters. The molecule has 1 aromatic rings. The van der Waals surface area contributed by atoms with Gasteiger partial charge in [0.2, 0.25) is 5.91 Å². The molecule has 0 bridgehead atoms. The van der Waals surface area contributed by atoms with E-state index in [2.05, 4.69) is 0 Å². The third-order valence-electron chi connectivity index (χ3n) is 4.01. The number of hydrogen-bond donors (Lipinski definition) is 1. The number of carbonyl (C=O) groups is 2. The number of carbonyl (C=O) groups excluding carboxylic acids is 2. The molecule has 0 saturated carbocycles. The van der Waals surface area contributed by atoms with Gasteiger partial charge in [-0.05, 0) is 38.1 Å². The van der Waals surface area contributed by atoms with E-state index in [0.29, 0.717) is 30.9 Å². The summed E-state index contributed by atoms with van der Waals surface area (Å²) >= 11 is 0. The van der Waals surface area contributed by atoms with Crippen LogP contribution in [0.3, 0.4) is 0 Å². The van der Waals surface area contributed by atoms with Crippen molar-refractivity contribution in [3.8, 4) is 5.75 Å². The Bertz CT molecular complexity index is 638. The van der Waals surface area contributed by atoms with E-state index in [1.54, 1.807) is 31.4 Å². The first kappa shape index (κ1) is 18.0. The zero-order valence-corrected chi connectivity index (χ0v) is 14.3. The number of rotatable bonds is 6. The van der Waals surface area contributed by atoms with E-state index in [9.17, 15) is 9.59 Å². The maximum absolute atomic E-state index is 12.8. The van der Waals surface area contributed by atoms with Gasteiger partial charge in [0.25, 0.3) is 5.91 Å². The molecule has 0 radical (unpaired) electrons. The van der Waals surface area contributed by atoms with E-state index in [0.717, 1.165) is 5.57 Å². The second-order valence-electron chi connectivity index (χ2n) is 6.09. The van der Waals surface area contributed by atoms with Gasteiger partial charge in [0.15, 0.2) is 0 Å². The van der Waals surface area contributed by atoms with Gasteiger partial charge in [0.1, 0.15) is 18.4 Å². The zero-order chi connectivity index (χ0) is 17.7. The molecule has 1 fully saturated rings. The van der Waals surface area contributed by atoms with Gasteiger partial charge in [-0.1, -0.05) is 11.6 Å². The molecule has 0 aromatic heterocycles. The van der Waals surface area contributed by atoms with Crippen LogP contribution in [0.2, 0.25) is 0 Å². The van der Waals surface area contributed by atoms with Gasteiger partial charge in [-0.3, -0.25) is 9.59 Å². The number of methoxy groups -OCH3 is 1. The van der Waals surface area contributed by atoms with Crippen LogP contribution in [-0.4, -0.2) is 49.1 Å². The van der Waals surface area contributed by atoms with Crippen LogP contribution in [0, 0.1) is 0 Å². The number of benzene rings is 1. The molecule has 2 rings (SSSR count). The lowest BCUT2D eigenvalue weighted by Gasteiger charge is -2.22. The highest BCUT2D eigenvalue weighted by molar-refractivity contribution is 5.98. The summed E-state index contributed by atoms with van der Waals surface area (Å²) in [6.45, 7) is 4.78. The smallest absolute Gasteiger partial charge is 0.254 e. The predicted octanol–water partition coefficient (Wildman–Crippen LogP) is 1.75. The van der Waals surface area contributed by atoms with Crippen LogP contribution in [0.15, 0.2) is 35.9 Å².